The molecule has 0 spiro atoms. The number of thiophene rings is 1. The summed E-state index contributed by atoms with van der Waals surface area (Å²) in [5.74, 6) is -0.332. The Labute approximate surface area is 144 Å². The molecule has 0 saturated heterocycles. The first kappa shape index (κ1) is 15.2. The third kappa shape index (κ3) is 2.55. The summed E-state index contributed by atoms with van der Waals surface area (Å²) in [7, 11) is 0. The van der Waals surface area contributed by atoms with Gasteiger partial charge in [0.1, 0.15) is 21.9 Å². The fourth-order valence-corrected chi connectivity index (χ4v) is 4.19. The molecule has 0 aliphatic rings. The maximum atomic E-state index is 14.0. The molecule has 0 fully saturated rings. The van der Waals surface area contributed by atoms with Crippen LogP contribution in [0.15, 0.2) is 46.6 Å². The van der Waals surface area contributed by atoms with E-state index >= 15 is 0 Å². The van der Waals surface area contributed by atoms with Crippen LogP contribution in [0.5, 0.6) is 0 Å². The van der Waals surface area contributed by atoms with Crippen molar-refractivity contribution < 1.29 is 4.39 Å². The van der Waals surface area contributed by atoms with Crippen LogP contribution >= 0.6 is 22.7 Å². The van der Waals surface area contributed by atoms with Gasteiger partial charge in [-0.1, -0.05) is 24.3 Å². The lowest BCUT2D eigenvalue weighted by atomic mass is 10.2. The van der Waals surface area contributed by atoms with E-state index < -0.39 is 5.69 Å². The smallest absolute Gasteiger partial charge is 0.277 e. The van der Waals surface area contributed by atoms with Crippen molar-refractivity contribution in [2.45, 2.75) is 13.5 Å². The molecule has 120 valence electrons. The van der Waals surface area contributed by atoms with Crippen molar-refractivity contribution in [1.82, 2.24) is 14.5 Å². The monoisotopic (exact) mass is 357 g/mol. The zero-order chi connectivity index (χ0) is 16.7. The number of halogens is 1. The molecule has 0 aliphatic heterocycles. The molecule has 4 nitrogen and oxygen atoms in total. The van der Waals surface area contributed by atoms with Crippen molar-refractivity contribution in [3.05, 3.63) is 68.7 Å². The van der Waals surface area contributed by atoms with Crippen molar-refractivity contribution in [2.24, 2.45) is 0 Å². The average Bonchev–Trinajstić information content (AvgIpc) is 3.21. The summed E-state index contributed by atoms with van der Waals surface area (Å²) >= 11 is 2.94. The molecule has 1 aromatic carbocycles. The van der Waals surface area contributed by atoms with Crippen molar-refractivity contribution in [1.29, 1.82) is 0 Å². The van der Waals surface area contributed by atoms with Crippen molar-refractivity contribution >= 4 is 33.0 Å². The SMILES string of the molecule is Cc1nc2c(-c3cccs3)nc(=O)n(Cc3ccccc3F)c2s1. The van der Waals surface area contributed by atoms with Crippen LogP contribution < -0.4 is 5.69 Å². The Hall–Kier alpha value is -2.38. The summed E-state index contributed by atoms with van der Waals surface area (Å²) in [4.78, 5) is 23.0. The number of aryl methyl sites for hydroxylation is 1. The summed E-state index contributed by atoms with van der Waals surface area (Å²) in [6.07, 6.45) is 0. The molecule has 24 heavy (non-hydrogen) atoms. The minimum absolute atomic E-state index is 0.140. The molecule has 0 unspecified atom stereocenters. The Morgan fingerprint density at radius 2 is 2.00 bits per heavy atom. The lowest BCUT2D eigenvalue weighted by Crippen LogP contribution is -2.24. The van der Waals surface area contributed by atoms with Crippen molar-refractivity contribution in [3.63, 3.8) is 0 Å². The molecule has 0 N–H and O–H groups in total. The topological polar surface area (TPSA) is 47.8 Å². The van der Waals surface area contributed by atoms with Crippen LogP contribution in [-0.2, 0) is 6.54 Å². The molecule has 7 heteroatoms. The highest BCUT2D eigenvalue weighted by atomic mass is 32.1. The Morgan fingerprint density at radius 1 is 1.17 bits per heavy atom. The summed E-state index contributed by atoms with van der Waals surface area (Å²) in [5, 5.41) is 2.78. The molecule has 0 aliphatic carbocycles. The predicted octanol–water partition coefficient (Wildman–Crippen LogP) is 4.08. The van der Waals surface area contributed by atoms with Gasteiger partial charge in [-0.05, 0) is 24.4 Å². The fourth-order valence-electron chi connectivity index (χ4n) is 2.57. The Morgan fingerprint density at radius 3 is 2.75 bits per heavy atom. The second-order valence-corrected chi connectivity index (χ2v) is 7.41. The van der Waals surface area contributed by atoms with Gasteiger partial charge in [-0.2, -0.15) is 4.98 Å². The van der Waals surface area contributed by atoms with Gasteiger partial charge in [0.05, 0.1) is 16.4 Å². The van der Waals surface area contributed by atoms with E-state index in [1.807, 2.05) is 24.4 Å². The first-order chi connectivity index (χ1) is 11.6. The highest BCUT2D eigenvalue weighted by Gasteiger charge is 2.17. The average molecular weight is 357 g/mol. The zero-order valence-electron chi connectivity index (χ0n) is 12.7. The molecular weight excluding hydrogens is 345 g/mol. The minimum atomic E-state index is -0.391. The first-order valence-electron chi connectivity index (χ1n) is 7.29. The molecule has 0 radical (unpaired) electrons. The van der Waals surface area contributed by atoms with Crippen molar-refractivity contribution in [3.8, 4) is 10.6 Å². The number of fused-ring (bicyclic) bond motifs is 1. The number of rotatable bonds is 3. The third-order valence-electron chi connectivity index (χ3n) is 3.66. The van der Waals surface area contributed by atoms with E-state index in [4.69, 9.17) is 0 Å². The van der Waals surface area contributed by atoms with Crippen LogP contribution in [0.3, 0.4) is 0 Å². The van der Waals surface area contributed by atoms with E-state index in [1.165, 1.54) is 33.3 Å². The lowest BCUT2D eigenvalue weighted by molar-refractivity contribution is 0.598. The molecular formula is C17H12FN3OS2. The number of hydrogen-bond acceptors (Lipinski definition) is 5. The van der Waals surface area contributed by atoms with Gasteiger partial charge in [0.2, 0.25) is 0 Å². The van der Waals surface area contributed by atoms with Gasteiger partial charge in [0, 0.05) is 5.56 Å². The molecule has 3 heterocycles. The van der Waals surface area contributed by atoms with E-state index in [1.54, 1.807) is 18.2 Å². The van der Waals surface area contributed by atoms with E-state index in [0.29, 0.717) is 16.8 Å². The van der Waals surface area contributed by atoms with Crippen LogP contribution in [0.25, 0.3) is 20.9 Å². The highest BCUT2D eigenvalue weighted by Crippen LogP contribution is 2.31. The van der Waals surface area contributed by atoms with Gasteiger partial charge in [0.25, 0.3) is 0 Å². The Bertz CT molecular complexity index is 1080. The van der Waals surface area contributed by atoms with Crippen LogP contribution in [0.2, 0.25) is 0 Å². The van der Waals surface area contributed by atoms with Gasteiger partial charge in [0.15, 0.2) is 0 Å². The largest absolute Gasteiger partial charge is 0.349 e. The van der Waals surface area contributed by atoms with Gasteiger partial charge >= 0.3 is 5.69 Å². The lowest BCUT2D eigenvalue weighted by Gasteiger charge is -2.09. The maximum absolute atomic E-state index is 14.0. The van der Waals surface area contributed by atoms with Crippen LogP contribution in [0, 0.1) is 12.7 Å². The molecule has 0 amide bonds. The summed E-state index contributed by atoms with van der Waals surface area (Å²) in [5.41, 5.74) is 1.35. The normalized spacial score (nSPS) is 11.2. The first-order valence-corrected chi connectivity index (χ1v) is 8.98. The van der Waals surface area contributed by atoms with Gasteiger partial charge < -0.3 is 0 Å². The number of nitrogens with zero attached hydrogens (tertiary/aromatic N) is 3. The number of aromatic nitrogens is 3. The summed E-state index contributed by atoms with van der Waals surface area (Å²) < 4.78 is 15.5. The highest BCUT2D eigenvalue weighted by molar-refractivity contribution is 7.18. The van der Waals surface area contributed by atoms with Gasteiger partial charge in [-0.25, -0.2) is 14.2 Å². The Kier molecular flexibility index (Phi) is 3.74. The van der Waals surface area contributed by atoms with Crippen LogP contribution in [0.4, 0.5) is 4.39 Å². The second-order valence-electron chi connectivity index (χ2n) is 5.28. The van der Waals surface area contributed by atoms with Crippen LogP contribution in [-0.4, -0.2) is 14.5 Å². The van der Waals surface area contributed by atoms with Crippen molar-refractivity contribution in [2.75, 3.05) is 0 Å². The molecule has 0 atom stereocenters. The standard InChI is InChI=1S/C17H12FN3OS2/c1-10-19-15-14(13-7-4-8-23-13)20-17(22)21(16(15)24-10)9-11-5-2-3-6-12(11)18/h2-8H,9H2,1H3. The number of benzene rings is 1. The molecule has 3 aromatic heterocycles. The second kappa shape index (κ2) is 5.92. The van der Waals surface area contributed by atoms with E-state index in [2.05, 4.69) is 9.97 Å². The van der Waals surface area contributed by atoms with E-state index in [0.717, 1.165) is 14.7 Å². The third-order valence-corrected chi connectivity index (χ3v) is 5.54. The van der Waals surface area contributed by atoms with Gasteiger partial charge in [-0.3, -0.25) is 4.57 Å². The van der Waals surface area contributed by atoms with E-state index in [-0.39, 0.29) is 12.4 Å². The minimum Gasteiger partial charge on any atom is -0.277 e. The quantitative estimate of drug-likeness (QED) is 0.555. The van der Waals surface area contributed by atoms with Gasteiger partial charge in [-0.15, -0.1) is 22.7 Å². The summed E-state index contributed by atoms with van der Waals surface area (Å²) in [6, 6.07) is 10.3. The van der Waals surface area contributed by atoms with E-state index in [9.17, 15) is 9.18 Å². The molecule has 0 bridgehead atoms. The zero-order valence-corrected chi connectivity index (χ0v) is 14.3. The molecule has 4 aromatic rings. The number of hydrogen-bond donors (Lipinski definition) is 0. The maximum Gasteiger partial charge on any atom is 0.349 e. The summed E-state index contributed by atoms with van der Waals surface area (Å²) in [6.45, 7) is 2.03. The number of thiazole rings is 1. The Balaban J connectivity index is 1.95. The molecule has 4 rings (SSSR count). The fraction of sp³-hybridized carbons (Fsp3) is 0.118. The molecule has 0 saturated carbocycles. The predicted molar refractivity (Wildman–Crippen MR) is 95.2 cm³/mol. The van der Waals surface area contributed by atoms with Crippen LogP contribution in [0.1, 0.15) is 10.6 Å².